The summed E-state index contributed by atoms with van der Waals surface area (Å²) in [7, 11) is 0. The van der Waals surface area contributed by atoms with Gasteiger partial charge >= 0.3 is 0 Å². The van der Waals surface area contributed by atoms with Crippen LogP contribution in [0.3, 0.4) is 0 Å². The Bertz CT molecular complexity index is 534. The van der Waals surface area contributed by atoms with Crippen molar-refractivity contribution in [3.8, 4) is 0 Å². The van der Waals surface area contributed by atoms with E-state index in [2.05, 4.69) is 21.2 Å². The van der Waals surface area contributed by atoms with Gasteiger partial charge in [-0.2, -0.15) is 0 Å². The molecule has 0 spiro atoms. The molecule has 0 unspecified atom stereocenters. The van der Waals surface area contributed by atoms with E-state index in [0.29, 0.717) is 12.1 Å². The van der Waals surface area contributed by atoms with Gasteiger partial charge in [-0.3, -0.25) is 4.79 Å². The van der Waals surface area contributed by atoms with Crippen LogP contribution in [0.5, 0.6) is 0 Å². The van der Waals surface area contributed by atoms with Crippen LogP contribution in [0.2, 0.25) is 0 Å². The number of hydrogen-bond acceptors (Lipinski definition) is 2. The molecule has 0 fully saturated rings. The highest BCUT2D eigenvalue weighted by Crippen LogP contribution is 2.15. The summed E-state index contributed by atoms with van der Waals surface area (Å²) in [6, 6.07) is 11.0. The largest absolute Gasteiger partial charge is 0.465 e. The number of hydrogen-bond donors (Lipinski definition) is 1. The Kier molecular flexibility index (Phi) is 3.64. The minimum Gasteiger partial charge on any atom is -0.465 e. The summed E-state index contributed by atoms with van der Waals surface area (Å²) < 4.78 is 6.16. The van der Waals surface area contributed by atoms with Crippen LogP contribution in [-0.4, -0.2) is 5.91 Å². The molecule has 0 saturated heterocycles. The zero-order chi connectivity index (χ0) is 12.3. The third-order valence-corrected chi connectivity index (χ3v) is 3.03. The maximum absolute atomic E-state index is 11.9. The summed E-state index contributed by atoms with van der Waals surface area (Å²) in [6.07, 6.45) is 0. The molecule has 17 heavy (non-hydrogen) atoms. The van der Waals surface area contributed by atoms with E-state index in [4.69, 9.17) is 4.42 Å². The summed E-state index contributed by atoms with van der Waals surface area (Å²) in [6.45, 7) is 2.27. The topological polar surface area (TPSA) is 42.2 Å². The molecule has 0 atom stereocenters. The smallest absolute Gasteiger partial charge is 0.252 e. The summed E-state index contributed by atoms with van der Waals surface area (Å²) in [5.41, 5.74) is 0.621. The van der Waals surface area contributed by atoms with Crippen molar-refractivity contribution in [3.05, 3.63) is 58.0 Å². The lowest BCUT2D eigenvalue weighted by molar-refractivity contribution is 0.0947. The molecule has 1 aromatic heterocycles. The minimum atomic E-state index is -0.119. The SMILES string of the molecule is Cc1ccc(CNC(=O)c2ccccc2Br)o1. The maximum atomic E-state index is 11.9. The number of carbonyl (C=O) groups excluding carboxylic acids is 1. The van der Waals surface area contributed by atoms with Crippen LogP contribution in [0.4, 0.5) is 0 Å². The first-order chi connectivity index (χ1) is 8.16. The van der Waals surface area contributed by atoms with Crippen LogP contribution in [-0.2, 0) is 6.54 Å². The monoisotopic (exact) mass is 293 g/mol. The Labute approximate surface area is 108 Å². The van der Waals surface area contributed by atoms with Crippen molar-refractivity contribution in [1.82, 2.24) is 5.32 Å². The van der Waals surface area contributed by atoms with Crippen molar-refractivity contribution in [2.24, 2.45) is 0 Å². The third kappa shape index (κ3) is 2.97. The average molecular weight is 294 g/mol. The van der Waals surface area contributed by atoms with E-state index in [1.807, 2.05) is 37.3 Å². The summed E-state index contributed by atoms with van der Waals surface area (Å²) in [4.78, 5) is 11.9. The van der Waals surface area contributed by atoms with Gasteiger partial charge in [0.15, 0.2) is 0 Å². The van der Waals surface area contributed by atoms with Crippen molar-refractivity contribution >= 4 is 21.8 Å². The van der Waals surface area contributed by atoms with E-state index >= 15 is 0 Å². The van der Waals surface area contributed by atoms with E-state index in [0.717, 1.165) is 16.0 Å². The minimum absolute atomic E-state index is 0.119. The van der Waals surface area contributed by atoms with Crippen LogP contribution >= 0.6 is 15.9 Å². The van der Waals surface area contributed by atoms with E-state index in [1.54, 1.807) is 6.07 Å². The van der Waals surface area contributed by atoms with Crippen molar-refractivity contribution in [2.75, 3.05) is 0 Å². The zero-order valence-electron chi connectivity index (χ0n) is 9.37. The molecule has 1 heterocycles. The number of furan rings is 1. The van der Waals surface area contributed by atoms with Gasteiger partial charge in [0.25, 0.3) is 5.91 Å². The summed E-state index contributed by atoms with van der Waals surface area (Å²) in [5.74, 6) is 1.48. The molecule has 1 N–H and O–H groups in total. The van der Waals surface area contributed by atoms with Crippen molar-refractivity contribution < 1.29 is 9.21 Å². The molecular weight excluding hydrogens is 282 g/mol. The number of amides is 1. The Morgan fingerprint density at radius 2 is 2.06 bits per heavy atom. The first kappa shape index (κ1) is 11.9. The van der Waals surface area contributed by atoms with Crippen LogP contribution in [0.15, 0.2) is 45.3 Å². The third-order valence-electron chi connectivity index (χ3n) is 2.34. The molecule has 2 rings (SSSR count). The van der Waals surface area contributed by atoms with Crippen LogP contribution in [0.25, 0.3) is 0 Å². The fourth-order valence-electron chi connectivity index (χ4n) is 1.49. The normalized spacial score (nSPS) is 10.2. The lowest BCUT2D eigenvalue weighted by Gasteiger charge is -2.04. The molecule has 3 nitrogen and oxygen atoms in total. The van der Waals surface area contributed by atoms with Gasteiger partial charge < -0.3 is 9.73 Å². The molecule has 88 valence electrons. The average Bonchev–Trinajstić information content (AvgIpc) is 2.73. The second kappa shape index (κ2) is 5.19. The van der Waals surface area contributed by atoms with Gasteiger partial charge in [0, 0.05) is 4.47 Å². The molecule has 2 aromatic rings. The molecule has 1 amide bonds. The molecule has 0 aliphatic carbocycles. The maximum Gasteiger partial charge on any atom is 0.252 e. The zero-order valence-corrected chi connectivity index (χ0v) is 11.0. The van der Waals surface area contributed by atoms with Crippen LogP contribution < -0.4 is 5.32 Å². The number of halogens is 1. The van der Waals surface area contributed by atoms with E-state index in [-0.39, 0.29) is 5.91 Å². The van der Waals surface area contributed by atoms with Crippen LogP contribution in [0, 0.1) is 6.92 Å². The molecule has 0 radical (unpaired) electrons. The van der Waals surface area contributed by atoms with Gasteiger partial charge in [0.2, 0.25) is 0 Å². The lowest BCUT2D eigenvalue weighted by atomic mass is 10.2. The van der Waals surface area contributed by atoms with Crippen molar-refractivity contribution in [2.45, 2.75) is 13.5 Å². The summed E-state index contributed by atoms with van der Waals surface area (Å²) >= 11 is 3.34. The Hall–Kier alpha value is -1.55. The standard InChI is InChI=1S/C13H12BrNO2/c1-9-6-7-10(17-9)8-15-13(16)11-4-2-3-5-12(11)14/h2-7H,8H2,1H3,(H,15,16). The molecule has 1 aromatic carbocycles. The Morgan fingerprint density at radius 3 is 2.71 bits per heavy atom. The first-order valence-corrected chi connectivity index (χ1v) is 6.04. The van der Waals surface area contributed by atoms with Crippen molar-refractivity contribution in [1.29, 1.82) is 0 Å². The number of nitrogens with one attached hydrogen (secondary N) is 1. The van der Waals surface area contributed by atoms with Gasteiger partial charge in [0.1, 0.15) is 11.5 Å². The van der Waals surface area contributed by atoms with Gasteiger partial charge in [-0.25, -0.2) is 0 Å². The van der Waals surface area contributed by atoms with E-state index in [1.165, 1.54) is 0 Å². The molecule has 0 saturated carbocycles. The Morgan fingerprint density at radius 1 is 1.29 bits per heavy atom. The molecule has 0 aliphatic rings. The first-order valence-electron chi connectivity index (χ1n) is 5.25. The van der Waals surface area contributed by atoms with Gasteiger partial charge in [-0.05, 0) is 47.1 Å². The molecule has 4 heteroatoms. The van der Waals surface area contributed by atoms with Gasteiger partial charge in [-0.15, -0.1) is 0 Å². The predicted octanol–water partition coefficient (Wildman–Crippen LogP) is 3.28. The fourth-order valence-corrected chi connectivity index (χ4v) is 1.95. The summed E-state index contributed by atoms with van der Waals surface area (Å²) in [5, 5.41) is 2.81. The number of rotatable bonds is 3. The number of benzene rings is 1. The molecular formula is C13H12BrNO2. The van der Waals surface area contributed by atoms with Crippen molar-refractivity contribution in [3.63, 3.8) is 0 Å². The number of aryl methyl sites for hydroxylation is 1. The quantitative estimate of drug-likeness (QED) is 0.944. The lowest BCUT2D eigenvalue weighted by Crippen LogP contribution is -2.22. The predicted molar refractivity (Wildman–Crippen MR) is 68.8 cm³/mol. The van der Waals surface area contributed by atoms with Gasteiger partial charge in [-0.1, -0.05) is 12.1 Å². The van der Waals surface area contributed by atoms with E-state index in [9.17, 15) is 4.79 Å². The highest BCUT2D eigenvalue weighted by atomic mass is 79.9. The molecule has 0 aliphatic heterocycles. The second-order valence-electron chi connectivity index (χ2n) is 3.67. The number of carbonyl (C=O) groups is 1. The van der Waals surface area contributed by atoms with Gasteiger partial charge in [0.05, 0.1) is 12.1 Å². The fraction of sp³-hybridized carbons (Fsp3) is 0.154. The highest BCUT2D eigenvalue weighted by Gasteiger charge is 2.09. The second-order valence-corrected chi connectivity index (χ2v) is 4.53. The highest BCUT2D eigenvalue weighted by molar-refractivity contribution is 9.10. The Balaban J connectivity index is 2.01. The molecule has 0 bridgehead atoms. The van der Waals surface area contributed by atoms with E-state index < -0.39 is 0 Å². The van der Waals surface area contributed by atoms with Crippen LogP contribution in [0.1, 0.15) is 21.9 Å².